The molecule has 0 radical (unpaired) electrons. The molecule has 1 unspecified atom stereocenters. The van der Waals surface area contributed by atoms with Crippen molar-refractivity contribution in [2.45, 2.75) is 6.10 Å². The molecule has 1 atom stereocenters. The number of rotatable bonds is 4. The lowest BCUT2D eigenvalue weighted by molar-refractivity contribution is -0.139. The Labute approximate surface area is 115 Å². The predicted octanol–water partition coefficient (Wildman–Crippen LogP) is -0.277. The first-order valence-electron chi connectivity index (χ1n) is 6.10. The van der Waals surface area contributed by atoms with Crippen LogP contribution in [-0.2, 0) is 14.3 Å². The zero-order chi connectivity index (χ0) is 13.7. The van der Waals surface area contributed by atoms with E-state index >= 15 is 0 Å². The van der Waals surface area contributed by atoms with Crippen LogP contribution in [0.25, 0.3) is 0 Å². The van der Waals surface area contributed by atoms with Gasteiger partial charge in [-0.25, -0.2) is 0 Å². The van der Waals surface area contributed by atoms with Gasteiger partial charge in [0.25, 0.3) is 0 Å². The second-order valence-electron chi connectivity index (χ2n) is 4.20. The molecule has 2 amide bonds. The Kier molecular flexibility index (Phi) is 4.89. The van der Waals surface area contributed by atoms with Gasteiger partial charge in [0.1, 0.15) is 6.10 Å². The summed E-state index contributed by atoms with van der Waals surface area (Å²) in [6.45, 7) is 1.48. The Morgan fingerprint density at radius 3 is 3.11 bits per heavy atom. The van der Waals surface area contributed by atoms with Crippen molar-refractivity contribution in [1.29, 1.82) is 0 Å². The van der Waals surface area contributed by atoms with Crippen molar-refractivity contribution in [1.82, 2.24) is 10.2 Å². The zero-order valence-corrected chi connectivity index (χ0v) is 11.3. The minimum atomic E-state index is -0.323. The summed E-state index contributed by atoms with van der Waals surface area (Å²) in [4.78, 5) is 25.8. The molecule has 0 aliphatic carbocycles. The third-order valence-electron chi connectivity index (χ3n) is 2.90. The average molecular weight is 283 g/mol. The summed E-state index contributed by atoms with van der Waals surface area (Å²) in [5.74, 6) is -0.428. The number of ether oxygens (including phenoxy) is 1. The Hall–Kier alpha value is -1.44. The highest BCUT2D eigenvalue weighted by Gasteiger charge is 2.25. The fourth-order valence-electron chi connectivity index (χ4n) is 1.88. The Bertz CT molecular complexity index is 435. The summed E-state index contributed by atoms with van der Waals surface area (Å²) in [6, 6.07) is 3.96. The van der Waals surface area contributed by atoms with Crippen molar-refractivity contribution in [2.75, 3.05) is 32.8 Å². The van der Waals surface area contributed by atoms with Crippen molar-refractivity contribution in [3.8, 4) is 0 Å². The fourth-order valence-corrected chi connectivity index (χ4v) is 2.65. The molecule has 6 nitrogen and oxygen atoms in total. The van der Waals surface area contributed by atoms with E-state index in [4.69, 9.17) is 10.5 Å². The van der Waals surface area contributed by atoms with Gasteiger partial charge in [0, 0.05) is 11.4 Å². The smallest absolute Gasteiger partial charge is 0.242 e. The highest BCUT2D eigenvalue weighted by atomic mass is 32.1. The SMILES string of the molecule is NCC(=O)NCC(=O)N1CCOC(c2cccs2)C1. The van der Waals surface area contributed by atoms with Crippen LogP contribution >= 0.6 is 11.3 Å². The Morgan fingerprint density at radius 2 is 2.42 bits per heavy atom. The van der Waals surface area contributed by atoms with Crippen LogP contribution in [0.15, 0.2) is 17.5 Å². The maximum Gasteiger partial charge on any atom is 0.242 e. The van der Waals surface area contributed by atoms with Crippen LogP contribution in [0.5, 0.6) is 0 Å². The van der Waals surface area contributed by atoms with E-state index in [0.29, 0.717) is 19.7 Å². The number of carbonyl (C=O) groups is 2. The molecule has 7 heteroatoms. The molecule has 3 N–H and O–H groups in total. The lowest BCUT2D eigenvalue weighted by atomic mass is 10.2. The molecule has 1 aliphatic heterocycles. The number of carbonyl (C=O) groups excluding carboxylic acids is 2. The molecule has 1 aliphatic rings. The molecule has 1 aromatic heterocycles. The van der Waals surface area contributed by atoms with E-state index < -0.39 is 0 Å². The summed E-state index contributed by atoms with van der Waals surface area (Å²) >= 11 is 1.62. The van der Waals surface area contributed by atoms with Crippen LogP contribution in [0.3, 0.4) is 0 Å². The van der Waals surface area contributed by atoms with E-state index in [2.05, 4.69) is 5.32 Å². The third-order valence-corrected chi connectivity index (χ3v) is 3.87. The molecule has 0 bridgehead atoms. The average Bonchev–Trinajstić information content (AvgIpc) is 2.98. The molecule has 104 valence electrons. The van der Waals surface area contributed by atoms with E-state index in [1.807, 2.05) is 17.5 Å². The molecule has 19 heavy (non-hydrogen) atoms. The van der Waals surface area contributed by atoms with E-state index in [1.54, 1.807) is 16.2 Å². The standard InChI is InChI=1S/C12H17N3O3S/c13-6-11(16)14-7-12(17)15-3-4-18-9(8-15)10-2-1-5-19-10/h1-2,5,9H,3-4,6-8,13H2,(H,14,16). The van der Waals surface area contributed by atoms with Gasteiger partial charge in [-0.3, -0.25) is 9.59 Å². The summed E-state index contributed by atoms with van der Waals surface area (Å²) < 4.78 is 5.66. The van der Waals surface area contributed by atoms with Gasteiger partial charge < -0.3 is 20.7 Å². The number of hydrogen-bond donors (Lipinski definition) is 2. The zero-order valence-electron chi connectivity index (χ0n) is 10.5. The number of nitrogens with one attached hydrogen (secondary N) is 1. The quantitative estimate of drug-likeness (QED) is 0.796. The summed E-state index contributed by atoms with van der Waals surface area (Å²) in [7, 11) is 0. The number of nitrogens with two attached hydrogens (primary N) is 1. The molecular formula is C12H17N3O3S. The van der Waals surface area contributed by atoms with Gasteiger partial charge >= 0.3 is 0 Å². The maximum atomic E-state index is 12.0. The number of amides is 2. The first-order chi connectivity index (χ1) is 9.20. The van der Waals surface area contributed by atoms with Gasteiger partial charge in [-0.15, -0.1) is 11.3 Å². The summed E-state index contributed by atoms with van der Waals surface area (Å²) in [6.07, 6.45) is -0.0667. The second kappa shape index (κ2) is 6.65. The Balaban J connectivity index is 1.86. The normalized spacial score (nSPS) is 19.2. The molecule has 1 saturated heterocycles. The maximum absolute atomic E-state index is 12.0. The minimum Gasteiger partial charge on any atom is -0.369 e. The van der Waals surface area contributed by atoms with Gasteiger partial charge in [-0.05, 0) is 11.4 Å². The molecule has 0 spiro atoms. The fraction of sp³-hybridized carbons (Fsp3) is 0.500. The Morgan fingerprint density at radius 1 is 1.58 bits per heavy atom. The molecule has 1 aromatic rings. The monoisotopic (exact) mass is 283 g/mol. The molecular weight excluding hydrogens is 266 g/mol. The van der Waals surface area contributed by atoms with Crippen LogP contribution in [0.4, 0.5) is 0 Å². The first kappa shape index (κ1) is 14.0. The van der Waals surface area contributed by atoms with Gasteiger partial charge in [-0.1, -0.05) is 6.07 Å². The molecule has 0 aromatic carbocycles. The van der Waals surface area contributed by atoms with Crippen molar-refractivity contribution in [3.05, 3.63) is 22.4 Å². The largest absolute Gasteiger partial charge is 0.369 e. The first-order valence-corrected chi connectivity index (χ1v) is 6.98. The van der Waals surface area contributed by atoms with Crippen molar-refractivity contribution >= 4 is 23.2 Å². The highest BCUT2D eigenvalue weighted by Crippen LogP contribution is 2.25. The van der Waals surface area contributed by atoms with Gasteiger partial charge in [0.15, 0.2) is 0 Å². The lowest BCUT2D eigenvalue weighted by Crippen LogP contribution is -2.47. The van der Waals surface area contributed by atoms with Crippen LogP contribution in [0.2, 0.25) is 0 Å². The highest BCUT2D eigenvalue weighted by molar-refractivity contribution is 7.10. The molecule has 2 rings (SSSR count). The lowest BCUT2D eigenvalue weighted by Gasteiger charge is -2.32. The topological polar surface area (TPSA) is 84.7 Å². The van der Waals surface area contributed by atoms with E-state index in [0.717, 1.165) is 4.88 Å². The van der Waals surface area contributed by atoms with Crippen LogP contribution in [-0.4, -0.2) is 49.5 Å². The minimum absolute atomic E-state index is 0.00675. The van der Waals surface area contributed by atoms with E-state index in [1.165, 1.54) is 0 Å². The molecule has 2 heterocycles. The third kappa shape index (κ3) is 3.76. The number of thiophene rings is 1. The summed E-state index contributed by atoms with van der Waals surface area (Å²) in [5, 5.41) is 4.47. The van der Waals surface area contributed by atoms with Crippen LogP contribution in [0.1, 0.15) is 11.0 Å². The number of morpholine rings is 1. The van der Waals surface area contributed by atoms with Crippen molar-refractivity contribution in [2.24, 2.45) is 5.73 Å². The van der Waals surface area contributed by atoms with E-state index in [9.17, 15) is 9.59 Å². The van der Waals surface area contributed by atoms with E-state index in [-0.39, 0.29) is 31.0 Å². The molecule has 1 fully saturated rings. The molecule has 0 saturated carbocycles. The predicted molar refractivity (Wildman–Crippen MR) is 71.7 cm³/mol. The van der Waals surface area contributed by atoms with Crippen molar-refractivity contribution in [3.63, 3.8) is 0 Å². The number of nitrogens with zero attached hydrogens (tertiary/aromatic N) is 1. The number of hydrogen-bond acceptors (Lipinski definition) is 5. The summed E-state index contributed by atoms with van der Waals surface area (Å²) in [5.41, 5.74) is 5.17. The van der Waals surface area contributed by atoms with Crippen molar-refractivity contribution < 1.29 is 14.3 Å². The second-order valence-corrected chi connectivity index (χ2v) is 5.17. The van der Waals surface area contributed by atoms with Crippen LogP contribution in [0, 0.1) is 0 Å². The van der Waals surface area contributed by atoms with Gasteiger partial charge in [0.05, 0.1) is 26.2 Å². The van der Waals surface area contributed by atoms with Crippen LogP contribution < -0.4 is 11.1 Å². The van der Waals surface area contributed by atoms with Gasteiger partial charge in [0.2, 0.25) is 11.8 Å². The van der Waals surface area contributed by atoms with Gasteiger partial charge in [-0.2, -0.15) is 0 Å².